The van der Waals surface area contributed by atoms with Gasteiger partial charge in [0, 0.05) is 18.9 Å². The fourth-order valence-electron chi connectivity index (χ4n) is 1.50. The monoisotopic (exact) mass is 249 g/mol. The van der Waals surface area contributed by atoms with E-state index in [9.17, 15) is 9.59 Å². The van der Waals surface area contributed by atoms with Gasteiger partial charge >= 0.3 is 6.09 Å². The smallest absolute Gasteiger partial charge is 0.407 e. The minimum atomic E-state index is -0.475. The molecule has 0 aliphatic rings. The van der Waals surface area contributed by atoms with E-state index in [1.807, 2.05) is 30.3 Å². The quantitative estimate of drug-likeness (QED) is 0.840. The summed E-state index contributed by atoms with van der Waals surface area (Å²) in [6.45, 7) is 4.18. The van der Waals surface area contributed by atoms with Crippen LogP contribution in [0.1, 0.15) is 19.4 Å². The van der Waals surface area contributed by atoms with Gasteiger partial charge in [-0.05, 0) is 12.5 Å². The molecule has 1 atom stereocenters. The van der Waals surface area contributed by atoms with Crippen LogP contribution in [-0.2, 0) is 16.0 Å². The van der Waals surface area contributed by atoms with Gasteiger partial charge in [-0.15, -0.1) is 0 Å². The van der Waals surface area contributed by atoms with Crippen LogP contribution in [-0.4, -0.2) is 25.0 Å². The number of rotatable bonds is 6. The van der Waals surface area contributed by atoms with Gasteiger partial charge in [-0.2, -0.15) is 0 Å². The molecule has 0 fully saturated rings. The van der Waals surface area contributed by atoms with E-state index in [2.05, 4.69) is 5.32 Å². The third-order valence-electron chi connectivity index (χ3n) is 2.60. The fraction of sp³-hybridized carbons (Fsp3) is 0.429. The molecule has 0 radical (unpaired) electrons. The lowest BCUT2D eigenvalue weighted by Gasteiger charge is -2.11. The molecule has 1 aromatic rings. The summed E-state index contributed by atoms with van der Waals surface area (Å²) < 4.78 is 4.73. The molecule has 18 heavy (non-hydrogen) atoms. The number of carbonyl (C=O) groups is 2. The number of amides is 1. The summed E-state index contributed by atoms with van der Waals surface area (Å²) in [5, 5.41) is 2.57. The normalized spacial score (nSPS) is 11.7. The molecule has 0 aromatic heterocycles. The average molecular weight is 249 g/mol. The van der Waals surface area contributed by atoms with E-state index >= 15 is 0 Å². The van der Waals surface area contributed by atoms with Crippen LogP contribution >= 0.6 is 0 Å². The lowest BCUT2D eigenvalue weighted by Crippen LogP contribution is -2.32. The average Bonchev–Trinajstić information content (AvgIpc) is 2.37. The number of carbonyl (C=O) groups excluding carboxylic acids is 2. The molecule has 0 spiro atoms. The Hall–Kier alpha value is -1.84. The van der Waals surface area contributed by atoms with Crippen molar-refractivity contribution in [2.24, 2.45) is 5.92 Å². The lowest BCUT2D eigenvalue weighted by atomic mass is 9.99. The van der Waals surface area contributed by atoms with Crippen LogP contribution in [0.2, 0.25) is 0 Å². The van der Waals surface area contributed by atoms with E-state index in [0.717, 1.165) is 5.56 Å². The molecule has 1 amide bonds. The molecule has 4 nitrogen and oxygen atoms in total. The Bertz CT molecular complexity index is 389. The van der Waals surface area contributed by atoms with Gasteiger partial charge in [0.25, 0.3) is 0 Å². The van der Waals surface area contributed by atoms with Crippen molar-refractivity contribution in [2.75, 3.05) is 13.2 Å². The number of Topliss-reactive ketones (excluding diaryl/α,β-unsaturated/α-hetero) is 1. The molecular formula is C14H19NO3. The predicted molar refractivity (Wildman–Crippen MR) is 69.3 cm³/mol. The minimum Gasteiger partial charge on any atom is -0.450 e. The summed E-state index contributed by atoms with van der Waals surface area (Å²) in [7, 11) is 0. The van der Waals surface area contributed by atoms with Crippen molar-refractivity contribution in [1.82, 2.24) is 5.32 Å². The Morgan fingerprint density at radius 3 is 2.56 bits per heavy atom. The first kappa shape index (κ1) is 14.2. The number of nitrogens with one attached hydrogen (secondary N) is 1. The predicted octanol–water partition coefficient (Wildman–Crippen LogP) is 2.18. The second-order valence-electron chi connectivity index (χ2n) is 4.13. The van der Waals surface area contributed by atoms with Gasteiger partial charge < -0.3 is 10.1 Å². The molecule has 0 bridgehead atoms. The standard InChI is InChI=1S/C14H19NO3/c1-3-18-14(17)15-10-11(2)13(16)9-12-7-5-4-6-8-12/h4-8,11H,3,9-10H2,1-2H3,(H,15,17). The Morgan fingerprint density at radius 2 is 1.94 bits per heavy atom. The third kappa shape index (κ3) is 4.99. The SMILES string of the molecule is CCOC(=O)NCC(C)C(=O)Cc1ccccc1. The Morgan fingerprint density at radius 1 is 1.28 bits per heavy atom. The molecule has 0 saturated heterocycles. The lowest BCUT2D eigenvalue weighted by molar-refractivity contribution is -0.121. The van der Waals surface area contributed by atoms with E-state index < -0.39 is 6.09 Å². The third-order valence-corrected chi connectivity index (χ3v) is 2.60. The van der Waals surface area contributed by atoms with Crippen molar-refractivity contribution in [3.63, 3.8) is 0 Å². The van der Waals surface area contributed by atoms with Crippen LogP contribution in [0.25, 0.3) is 0 Å². The molecule has 98 valence electrons. The highest BCUT2D eigenvalue weighted by atomic mass is 16.5. The van der Waals surface area contributed by atoms with Gasteiger partial charge in [-0.1, -0.05) is 37.3 Å². The Balaban J connectivity index is 2.35. The topological polar surface area (TPSA) is 55.4 Å². The number of ether oxygens (including phenoxy) is 1. The number of alkyl carbamates (subject to hydrolysis) is 1. The number of benzene rings is 1. The van der Waals surface area contributed by atoms with E-state index in [0.29, 0.717) is 19.6 Å². The van der Waals surface area contributed by atoms with Crippen LogP contribution < -0.4 is 5.32 Å². The van der Waals surface area contributed by atoms with E-state index in [1.54, 1.807) is 13.8 Å². The Labute approximate surface area is 107 Å². The largest absolute Gasteiger partial charge is 0.450 e. The molecule has 0 aliphatic heterocycles. The van der Waals surface area contributed by atoms with Crippen molar-refractivity contribution in [1.29, 1.82) is 0 Å². The Kier molecular flexibility index (Phi) is 5.91. The van der Waals surface area contributed by atoms with Gasteiger partial charge in [0.1, 0.15) is 5.78 Å². The highest BCUT2D eigenvalue weighted by Crippen LogP contribution is 2.05. The van der Waals surface area contributed by atoms with Crippen molar-refractivity contribution >= 4 is 11.9 Å². The first-order valence-corrected chi connectivity index (χ1v) is 6.10. The van der Waals surface area contributed by atoms with Gasteiger partial charge in [0.15, 0.2) is 0 Å². The van der Waals surface area contributed by atoms with Crippen LogP contribution in [0, 0.1) is 5.92 Å². The second kappa shape index (κ2) is 7.48. The van der Waals surface area contributed by atoms with E-state index in [-0.39, 0.29) is 11.7 Å². The van der Waals surface area contributed by atoms with Crippen molar-refractivity contribution in [2.45, 2.75) is 20.3 Å². The van der Waals surface area contributed by atoms with Crippen LogP contribution in [0.3, 0.4) is 0 Å². The molecule has 1 rings (SSSR count). The van der Waals surface area contributed by atoms with Crippen molar-refractivity contribution in [3.8, 4) is 0 Å². The molecule has 1 aromatic carbocycles. The number of hydrogen-bond donors (Lipinski definition) is 1. The zero-order chi connectivity index (χ0) is 13.4. The zero-order valence-corrected chi connectivity index (χ0v) is 10.8. The van der Waals surface area contributed by atoms with Gasteiger partial charge in [-0.25, -0.2) is 4.79 Å². The molecular weight excluding hydrogens is 230 g/mol. The van der Waals surface area contributed by atoms with Gasteiger partial charge in [0.2, 0.25) is 0 Å². The summed E-state index contributed by atoms with van der Waals surface area (Å²) >= 11 is 0. The summed E-state index contributed by atoms with van der Waals surface area (Å²) in [6, 6.07) is 9.57. The maximum atomic E-state index is 11.9. The maximum absolute atomic E-state index is 11.9. The molecule has 0 saturated carbocycles. The molecule has 4 heteroatoms. The van der Waals surface area contributed by atoms with Crippen LogP contribution in [0.15, 0.2) is 30.3 Å². The highest BCUT2D eigenvalue weighted by molar-refractivity contribution is 5.83. The van der Waals surface area contributed by atoms with Crippen LogP contribution in [0.5, 0.6) is 0 Å². The second-order valence-corrected chi connectivity index (χ2v) is 4.13. The molecule has 1 unspecified atom stereocenters. The summed E-state index contributed by atoms with van der Waals surface area (Å²) in [4.78, 5) is 23.0. The number of hydrogen-bond acceptors (Lipinski definition) is 3. The summed E-state index contributed by atoms with van der Waals surface area (Å²) in [5.41, 5.74) is 0.991. The van der Waals surface area contributed by atoms with Crippen molar-refractivity contribution in [3.05, 3.63) is 35.9 Å². The molecule has 0 aliphatic carbocycles. The number of ketones is 1. The minimum absolute atomic E-state index is 0.109. The fourth-order valence-corrected chi connectivity index (χ4v) is 1.50. The molecule has 1 N–H and O–H groups in total. The summed E-state index contributed by atoms with van der Waals surface area (Å²) in [6.07, 6.45) is -0.0798. The van der Waals surface area contributed by atoms with E-state index in [4.69, 9.17) is 4.74 Å². The first-order valence-electron chi connectivity index (χ1n) is 6.10. The van der Waals surface area contributed by atoms with Crippen molar-refractivity contribution < 1.29 is 14.3 Å². The maximum Gasteiger partial charge on any atom is 0.407 e. The van der Waals surface area contributed by atoms with Gasteiger partial charge in [-0.3, -0.25) is 4.79 Å². The van der Waals surface area contributed by atoms with Gasteiger partial charge in [0.05, 0.1) is 6.61 Å². The van der Waals surface area contributed by atoms with Crippen LogP contribution in [0.4, 0.5) is 4.79 Å². The zero-order valence-electron chi connectivity index (χ0n) is 10.8. The molecule has 0 heterocycles. The first-order chi connectivity index (χ1) is 8.63. The summed E-state index contributed by atoms with van der Waals surface area (Å²) in [5.74, 6) is -0.104. The van der Waals surface area contributed by atoms with E-state index in [1.165, 1.54) is 0 Å². The highest BCUT2D eigenvalue weighted by Gasteiger charge is 2.14.